The highest BCUT2D eigenvalue weighted by Crippen LogP contribution is 2.34. The predicted octanol–water partition coefficient (Wildman–Crippen LogP) is 5.10. The summed E-state index contributed by atoms with van der Waals surface area (Å²) in [4.78, 5) is 18.0. The van der Waals surface area contributed by atoms with E-state index in [-0.39, 0.29) is 11.9 Å². The number of thioether (sulfide) groups is 1. The summed E-state index contributed by atoms with van der Waals surface area (Å²) in [6, 6.07) is 16.1. The molecule has 1 atom stereocenters. The number of aromatic amines is 1. The van der Waals surface area contributed by atoms with E-state index >= 15 is 0 Å². The zero-order valence-electron chi connectivity index (χ0n) is 15.7. The molecule has 0 aliphatic carbocycles. The van der Waals surface area contributed by atoms with Gasteiger partial charge in [-0.3, -0.25) is 0 Å². The maximum Gasteiger partial charge on any atom is 0.317 e. The number of amides is 2. The summed E-state index contributed by atoms with van der Waals surface area (Å²) in [5, 5.41) is 5.04. The molecular formula is C22H24ClN3OS. The average molecular weight is 414 g/mol. The summed E-state index contributed by atoms with van der Waals surface area (Å²) in [7, 11) is 0. The van der Waals surface area contributed by atoms with Crippen LogP contribution in [0.5, 0.6) is 0 Å². The Kier molecular flexibility index (Phi) is 6.13. The van der Waals surface area contributed by atoms with E-state index < -0.39 is 0 Å². The van der Waals surface area contributed by atoms with Crippen LogP contribution in [0.1, 0.15) is 23.5 Å². The van der Waals surface area contributed by atoms with Crippen LogP contribution >= 0.6 is 23.4 Å². The molecule has 0 radical (unpaired) electrons. The Morgan fingerprint density at radius 1 is 1.11 bits per heavy atom. The second kappa shape index (κ2) is 8.93. The molecule has 3 aromatic rings. The first-order chi connectivity index (χ1) is 13.7. The fourth-order valence-electron chi connectivity index (χ4n) is 3.78. The summed E-state index contributed by atoms with van der Waals surface area (Å²) in [6.45, 7) is 2.14. The predicted molar refractivity (Wildman–Crippen MR) is 119 cm³/mol. The van der Waals surface area contributed by atoms with Crippen molar-refractivity contribution in [2.45, 2.75) is 12.3 Å². The van der Waals surface area contributed by atoms with Crippen molar-refractivity contribution in [3.63, 3.8) is 0 Å². The molecular weight excluding hydrogens is 390 g/mol. The fourth-order valence-corrected chi connectivity index (χ4v) is 4.93. The third-order valence-corrected chi connectivity index (χ3v) is 6.64. The van der Waals surface area contributed by atoms with Crippen molar-refractivity contribution in [2.24, 2.45) is 0 Å². The van der Waals surface area contributed by atoms with Gasteiger partial charge in [0, 0.05) is 53.4 Å². The highest BCUT2D eigenvalue weighted by molar-refractivity contribution is 7.99. The minimum Gasteiger partial charge on any atom is -0.361 e. The first-order valence-electron chi connectivity index (χ1n) is 9.65. The van der Waals surface area contributed by atoms with Gasteiger partial charge in [0.2, 0.25) is 0 Å². The third-order valence-electron chi connectivity index (χ3n) is 5.24. The minimum atomic E-state index is -0.0184. The monoisotopic (exact) mass is 413 g/mol. The molecule has 2 N–H and O–H groups in total. The molecule has 1 fully saturated rings. The van der Waals surface area contributed by atoms with E-state index in [1.54, 1.807) is 0 Å². The van der Waals surface area contributed by atoms with Crippen LogP contribution in [0.2, 0.25) is 5.02 Å². The lowest BCUT2D eigenvalue weighted by Gasteiger charge is -2.24. The lowest BCUT2D eigenvalue weighted by atomic mass is 9.91. The Morgan fingerprint density at radius 3 is 2.82 bits per heavy atom. The maximum atomic E-state index is 12.8. The molecule has 28 heavy (non-hydrogen) atoms. The fraction of sp³-hybridized carbons (Fsp3) is 0.318. The van der Waals surface area contributed by atoms with Crippen LogP contribution in [0.25, 0.3) is 10.9 Å². The molecule has 4 rings (SSSR count). The molecule has 4 nitrogen and oxygen atoms in total. The SMILES string of the molecule is O=C(NC[C@@H](c1ccccc1Cl)c1c[nH]c2ccccc12)N1CCCSCC1. The van der Waals surface area contributed by atoms with Gasteiger partial charge in [-0.1, -0.05) is 48.0 Å². The smallest absolute Gasteiger partial charge is 0.317 e. The summed E-state index contributed by atoms with van der Waals surface area (Å²) in [6.07, 6.45) is 3.09. The van der Waals surface area contributed by atoms with E-state index in [1.165, 1.54) is 0 Å². The Morgan fingerprint density at radius 2 is 1.93 bits per heavy atom. The van der Waals surface area contributed by atoms with Crippen molar-refractivity contribution in [2.75, 3.05) is 31.1 Å². The van der Waals surface area contributed by atoms with E-state index in [4.69, 9.17) is 11.6 Å². The number of carbonyl (C=O) groups is 1. The van der Waals surface area contributed by atoms with Crippen molar-refractivity contribution < 1.29 is 4.79 Å². The number of para-hydroxylation sites is 1. The Labute approximate surface area is 174 Å². The molecule has 1 aromatic heterocycles. The van der Waals surface area contributed by atoms with Crippen LogP contribution in [0.4, 0.5) is 4.79 Å². The van der Waals surface area contributed by atoms with Crippen molar-refractivity contribution in [1.29, 1.82) is 0 Å². The molecule has 1 aliphatic heterocycles. The summed E-state index contributed by atoms with van der Waals surface area (Å²) in [5.74, 6) is 2.11. The maximum absolute atomic E-state index is 12.8. The molecule has 0 bridgehead atoms. The van der Waals surface area contributed by atoms with Crippen LogP contribution in [-0.4, -0.2) is 47.1 Å². The molecule has 2 amide bonds. The van der Waals surface area contributed by atoms with Crippen LogP contribution in [0, 0.1) is 0 Å². The number of nitrogens with one attached hydrogen (secondary N) is 2. The van der Waals surface area contributed by atoms with Gasteiger partial charge in [-0.25, -0.2) is 4.79 Å². The van der Waals surface area contributed by atoms with E-state index in [0.717, 1.165) is 58.1 Å². The van der Waals surface area contributed by atoms with Gasteiger partial charge in [-0.2, -0.15) is 11.8 Å². The molecule has 1 saturated heterocycles. The molecule has 0 unspecified atom stereocenters. The van der Waals surface area contributed by atoms with E-state index in [2.05, 4.69) is 22.4 Å². The molecule has 0 spiro atoms. The quantitative estimate of drug-likeness (QED) is 0.625. The second-order valence-corrected chi connectivity index (χ2v) is 8.63. The van der Waals surface area contributed by atoms with Gasteiger partial charge in [-0.15, -0.1) is 0 Å². The topological polar surface area (TPSA) is 48.1 Å². The first kappa shape index (κ1) is 19.2. The molecule has 146 valence electrons. The zero-order chi connectivity index (χ0) is 19.3. The van der Waals surface area contributed by atoms with Gasteiger partial charge < -0.3 is 15.2 Å². The van der Waals surface area contributed by atoms with Crippen molar-refractivity contribution in [3.8, 4) is 0 Å². The van der Waals surface area contributed by atoms with Gasteiger partial charge in [0.25, 0.3) is 0 Å². The number of rotatable bonds is 4. The van der Waals surface area contributed by atoms with Crippen molar-refractivity contribution in [1.82, 2.24) is 15.2 Å². The number of H-pyrrole nitrogens is 1. The van der Waals surface area contributed by atoms with Crippen LogP contribution < -0.4 is 5.32 Å². The zero-order valence-corrected chi connectivity index (χ0v) is 17.2. The van der Waals surface area contributed by atoms with Gasteiger partial charge in [0.15, 0.2) is 0 Å². The highest BCUT2D eigenvalue weighted by atomic mass is 35.5. The number of carbonyl (C=O) groups excluding carboxylic acids is 1. The Balaban J connectivity index is 1.60. The number of nitrogens with zero attached hydrogens (tertiary/aromatic N) is 1. The summed E-state index contributed by atoms with van der Waals surface area (Å²) in [5.41, 5.74) is 3.27. The summed E-state index contributed by atoms with van der Waals surface area (Å²) < 4.78 is 0. The Hall–Kier alpha value is -2.11. The number of hydrogen-bond donors (Lipinski definition) is 2. The molecule has 6 heteroatoms. The molecule has 1 aliphatic rings. The number of fused-ring (bicyclic) bond motifs is 1. The van der Waals surface area contributed by atoms with Crippen LogP contribution in [0.3, 0.4) is 0 Å². The number of halogens is 1. The number of benzene rings is 2. The van der Waals surface area contributed by atoms with E-state index in [9.17, 15) is 4.79 Å². The lowest BCUT2D eigenvalue weighted by Crippen LogP contribution is -2.42. The van der Waals surface area contributed by atoms with Crippen molar-refractivity contribution >= 4 is 40.3 Å². The first-order valence-corrected chi connectivity index (χ1v) is 11.2. The number of hydrogen-bond acceptors (Lipinski definition) is 2. The second-order valence-electron chi connectivity index (χ2n) is 7.00. The standard InChI is InChI=1S/C22H24ClN3OS/c23-20-8-3-1-6-16(20)18(19-14-24-21-9-4-2-7-17(19)21)15-25-22(27)26-10-5-12-28-13-11-26/h1-4,6-9,14,18,24H,5,10-13,15H2,(H,25,27)/t18-/m0/s1. The van der Waals surface area contributed by atoms with Gasteiger partial charge in [0.05, 0.1) is 0 Å². The van der Waals surface area contributed by atoms with Gasteiger partial charge in [-0.05, 0) is 35.4 Å². The van der Waals surface area contributed by atoms with Gasteiger partial charge in [0.1, 0.15) is 0 Å². The minimum absolute atomic E-state index is 0.0133. The average Bonchev–Trinajstić information content (AvgIpc) is 2.95. The van der Waals surface area contributed by atoms with E-state index in [0.29, 0.717) is 6.54 Å². The summed E-state index contributed by atoms with van der Waals surface area (Å²) >= 11 is 8.45. The Bertz CT molecular complexity index is 950. The number of urea groups is 1. The number of aromatic nitrogens is 1. The van der Waals surface area contributed by atoms with Crippen molar-refractivity contribution in [3.05, 3.63) is 70.9 Å². The van der Waals surface area contributed by atoms with E-state index in [1.807, 2.05) is 59.3 Å². The molecule has 2 aromatic carbocycles. The highest BCUT2D eigenvalue weighted by Gasteiger charge is 2.23. The van der Waals surface area contributed by atoms with Crippen LogP contribution in [-0.2, 0) is 0 Å². The molecule has 2 heterocycles. The third kappa shape index (κ3) is 4.15. The normalized spacial score (nSPS) is 16.0. The van der Waals surface area contributed by atoms with Gasteiger partial charge >= 0.3 is 6.03 Å². The van der Waals surface area contributed by atoms with Crippen LogP contribution in [0.15, 0.2) is 54.7 Å². The lowest BCUT2D eigenvalue weighted by molar-refractivity contribution is 0.201. The largest absolute Gasteiger partial charge is 0.361 e. The molecule has 0 saturated carbocycles.